The smallest absolute Gasteiger partial charge is 0.154 e. The van der Waals surface area contributed by atoms with Gasteiger partial charge in [0.25, 0.3) is 0 Å². The Balaban J connectivity index is 1.62. The van der Waals surface area contributed by atoms with Gasteiger partial charge < -0.3 is 9.88 Å². The molecule has 0 bridgehead atoms. The number of nitrogens with zero attached hydrogens (tertiary/aromatic N) is 3. The average molecular weight is 282 g/mol. The van der Waals surface area contributed by atoms with Crippen LogP contribution in [0, 0.1) is 5.92 Å². The van der Waals surface area contributed by atoms with Crippen molar-refractivity contribution < 1.29 is 0 Å². The van der Waals surface area contributed by atoms with Crippen LogP contribution in [-0.2, 0) is 13.0 Å². The number of hydrogen-bond acceptors (Lipinski definition) is 3. The minimum Gasteiger partial charge on any atom is -0.312 e. The maximum atomic E-state index is 4.51. The molecule has 1 atom stereocenters. The van der Waals surface area contributed by atoms with Crippen molar-refractivity contribution in [2.45, 2.75) is 44.7 Å². The van der Waals surface area contributed by atoms with E-state index in [1.54, 1.807) is 0 Å². The number of aromatic nitrogens is 3. The first-order chi connectivity index (χ1) is 10.4. The Kier molecular flexibility index (Phi) is 3.47. The second-order valence-corrected chi connectivity index (χ2v) is 6.28. The van der Waals surface area contributed by atoms with Crippen molar-refractivity contribution >= 4 is 0 Å². The van der Waals surface area contributed by atoms with Gasteiger partial charge in [-0.1, -0.05) is 56.0 Å². The predicted octanol–water partition coefficient (Wildman–Crippen LogP) is 2.70. The molecule has 1 saturated carbocycles. The van der Waals surface area contributed by atoms with Crippen LogP contribution in [0.15, 0.2) is 30.3 Å². The van der Waals surface area contributed by atoms with Crippen LogP contribution in [0.4, 0.5) is 0 Å². The zero-order valence-electron chi connectivity index (χ0n) is 12.3. The number of benzene rings is 1. The molecule has 0 spiro atoms. The highest BCUT2D eigenvalue weighted by molar-refractivity contribution is 5.26. The van der Waals surface area contributed by atoms with E-state index < -0.39 is 0 Å². The summed E-state index contributed by atoms with van der Waals surface area (Å²) in [6, 6.07) is 10.8. The van der Waals surface area contributed by atoms with Crippen LogP contribution in [0.2, 0.25) is 0 Å². The number of nitrogens with one attached hydrogen (secondary N) is 1. The molecule has 2 heterocycles. The Morgan fingerprint density at radius 3 is 2.71 bits per heavy atom. The molecule has 1 N–H and O–H groups in total. The van der Waals surface area contributed by atoms with Crippen LogP contribution < -0.4 is 5.32 Å². The molecular weight excluding hydrogens is 260 g/mol. The van der Waals surface area contributed by atoms with Crippen molar-refractivity contribution in [2.75, 3.05) is 6.54 Å². The molecule has 21 heavy (non-hydrogen) atoms. The zero-order valence-corrected chi connectivity index (χ0v) is 12.3. The SMILES string of the molecule is c1ccc(C2NCCn3c(CC4CCCC4)nnc32)cc1. The Hall–Kier alpha value is -1.68. The van der Waals surface area contributed by atoms with Gasteiger partial charge in [-0.05, 0) is 11.5 Å². The molecule has 110 valence electrons. The van der Waals surface area contributed by atoms with Crippen molar-refractivity contribution in [2.24, 2.45) is 5.92 Å². The standard InChI is InChI=1S/C17H22N4/c1-2-8-14(9-3-1)16-17-20-19-15(21(17)11-10-18-16)12-13-6-4-5-7-13/h1-3,8-9,13,16,18H,4-7,10-12H2. The summed E-state index contributed by atoms with van der Waals surface area (Å²) >= 11 is 0. The van der Waals surface area contributed by atoms with Crippen LogP contribution in [0.5, 0.6) is 0 Å². The first-order valence-electron chi connectivity index (χ1n) is 8.12. The summed E-state index contributed by atoms with van der Waals surface area (Å²) in [5.74, 6) is 3.10. The maximum Gasteiger partial charge on any atom is 0.154 e. The number of fused-ring (bicyclic) bond motifs is 1. The van der Waals surface area contributed by atoms with Crippen LogP contribution in [-0.4, -0.2) is 21.3 Å². The maximum absolute atomic E-state index is 4.51. The third-order valence-corrected chi connectivity index (χ3v) is 4.88. The second kappa shape index (κ2) is 5.60. The fraction of sp³-hybridized carbons (Fsp3) is 0.529. The lowest BCUT2D eigenvalue weighted by Gasteiger charge is -2.25. The molecule has 1 aliphatic carbocycles. The summed E-state index contributed by atoms with van der Waals surface area (Å²) < 4.78 is 2.35. The van der Waals surface area contributed by atoms with E-state index in [4.69, 9.17) is 0 Å². The first-order valence-corrected chi connectivity index (χ1v) is 8.12. The lowest BCUT2D eigenvalue weighted by Crippen LogP contribution is -2.35. The molecule has 1 aliphatic heterocycles. The molecule has 1 fully saturated rings. The first kappa shape index (κ1) is 13.0. The molecule has 1 aromatic carbocycles. The average Bonchev–Trinajstić information content (AvgIpc) is 3.19. The molecule has 2 aromatic rings. The Bertz CT molecular complexity index is 599. The normalized spacial score (nSPS) is 22.4. The Morgan fingerprint density at radius 2 is 1.90 bits per heavy atom. The van der Waals surface area contributed by atoms with Gasteiger partial charge in [-0.3, -0.25) is 0 Å². The van der Waals surface area contributed by atoms with Crippen molar-refractivity contribution in [1.82, 2.24) is 20.1 Å². The second-order valence-electron chi connectivity index (χ2n) is 6.28. The van der Waals surface area contributed by atoms with E-state index >= 15 is 0 Å². The van der Waals surface area contributed by atoms with Crippen molar-refractivity contribution in [3.05, 3.63) is 47.5 Å². The van der Waals surface area contributed by atoms with E-state index in [2.05, 4.69) is 50.4 Å². The van der Waals surface area contributed by atoms with Crippen LogP contribution >= 0.6 is 0 Å². The third-order valence-electron chi connectivity index (χ3n) is 4.88. The summed E-state index contributed by atoms with van der Waals surface area (Å²) in [5.41, 5.74) is 1.28. The lowest BCUT2D eigenvalue weighted by atomic mass is 10.0. The Labute approximate surface area is 125 Å². The zero-order chi connectivity index (χ0) is 14.1. The van der Waals surface area contributed by atoms with Crippen LogP contribution in [0.1, 0.15) is 48.9 Å². The van der Waals surface area contributed by atoms with Crippen LogP contribution in [0.25, 0.3) is 0 Å². The number of hydrogen-bond donors (Lipinski definition) is 1. The molecule has 0 radical (unpaired) electrons. The summed E-state index contributed by atoms with van der Waals surface area (Å²) in [5, 5.41) is 12.6. The molecular formula is C17H22N4. The molecule has 1 aromatic heterocycles. The van der Waals surface area contributed by atoms with E-state index in [0.717, 1.165) is 31.3 Å². The van der Waals surface area contributed by atoms with Gasteiger partial charge in [0.1, 0.15) is 5.82 Å². The minimum absolute atomic E-state index is 0.185. The highest BCUT2D eigenvalue weighted by Gasteiger charge is 2.27. The van der Waals surface area contributed by atoms with E-state index in [0.29, 0.717) is 0 Å². The Morgan fingerprint density at radius 1 is 1.10 bits per heavy atom. The lowest BCUT2D eigenvalue weighted by molar-refractivity contribution is 0.434. The van der Waals surface area contributed by atoms with Gasteiger partial charge in [0, 0.05) is 19.5 Å². The van der Waals surface area contributed by atoms with Crippen LogP contribution in [0.3, 0.4) is 0 Å². The summed E-state index contributed by atoms with van der Waals surface area (Å²) in [6.07, 6.45) is 6.61. The summed E-state index contributed by atoms with van der Waals surface area (Å²) in [6.45, 7) is 1.98. The fourth-order valence-corrected chi connectivity index (χ4v) is 3.75. The molecule has 4 rings (SSSR count). The van der Waals surface area contributed by atoms with E-state index in [9.17, 15) is 0 Å². The molecule has 0 saturated heterocycles. The van der Waals surface area contributed by atoms with Gasteiger partial charge in [-0.15, -0.1) is 10.2 Å². The molecule has 4 nitrogen and oxygen atoms in total. The van der Waals surface area contributed by atoms with Crippen molar-refractivity contribution in [3.63, 3.8) is 0 Å². The van der Waals surface area contributed by atoms with Crippen molar-refractivity contribution in [1.29, 1.82) is 0 Å². The minimum atomic E-state index is 0.185. The van der Waals surface area contributed by atoms with Crippen molar-refractivity contribution in [3.8, 4) is 0 Å². The van der Waals surface area contributed by atoms with Gasteiger partial charge in [0.2, 0.25) is 0 Å². The van der Waals surface area contributed by atoms with E-state index in [-0.39, 0.29) is 6.04 Å². The topological polar surface area (TPSA) is 42.7 Å². The van der Waals surface area contributed by atoms with Gasteiger partial charge in [0.05, 0.1) is 6.04 Å². The summed E-state index contributed by atoms with van der Waals surface area (Å²) in [4.78, 5) is 0. The predicted molar refractivity (Wildman–Crippen MR) is 82.0 cm³/mol. The molecule has 0 amide bonds. The monoisotopic (exact) mass is 282 g/mol. The largest absolute Gasteiger partial charge is 0.312 e. The highest BCUT2D eigenvalue weighted by Crippen LogP contribution is 2.29. The van der Waals surface area contributed by atoms with Gasteiger partial charge in [0.15, 0.2) is 5.82 Å². The quantitative estimate of drug-likeness (QED) is 0.941. The van der Waals surface area contributed by atoms with Gasteiger partial charge in [-0.2, -0.15) is 0 Å². The summed E-state index contributed by atoms with van der Waals surface area (Å²) in [7, 11) is 0. The fourth-order valence-electron chi connectivity index (χ4n) is 3.75. The van der Waals surface area contributed by atoms with Gasteiger partial charge in [-0.25, -0.2) is 0 Å². The van der Waals surface area contributed by atoms with E-state index in [1.165, 1.54) is 37.1 Å². The molecule has 2 aliphatic rings. The van der Waals surface area contributed by atoms with Gasteiger partial charge >= 0.3 is 0 Å². The third kappa shape index (κ3) is 2.48. The van der Waals surface area contributed by atoms with E-state index in [1.807, 2.05) is 0 Å². The molecule has 1 unspecified atom stereocenters. The number of rotatable bonds is 3. The highest BCUT2D eigenvalue weighted by atomic mass is 15.3. The molecule has 4 heteroatoms.